The number of nitrogen functional groups attached to an aromatic ring is 1. The number of anilines is 3. The van der Waals surface area contributed by atoms with Gasteiger partial charge in [-0.3, -0.25) is 4.79 Å². The number of amides is 1. The number of carbonyl (C=O) groups excluding carboxylic acids is 1. The molecule has 1 saturated carbocycles. The lowest BCUT2D eigenvalue weighted by atomic mass is 10.1. The van der Waals surface area contributed by atoms with Crippen molar-refractivity contribution < 1.29 is 23.8 Å². The summed E-state index contributed by atoms with van der Waals surface area (Å²) in [6.07, 6.45) is 1.59. The third kappa shape index (κ3) is 4.98. The summed E-state index contributed by atoms with van der Waals surface area (Å²) in [5, 5.41) is 15.0. The van der Waals surface area contributed by atoms with Crippen LogP contribution in [0.1, 0.15) is 56.0 Å². The lowest BCUT2D eigenvalue weighted by Gasteiger charge is -2.19. The topological polar surface area (TPSA) is 136 Å². The smallest absolute Gasteiger partial charge is 0.407 e. The maximum Gasteiger partial charge on any atom is 0.407 e. The van der Waals surface area contributed by atoms with Crippen LogP contribution in [0.15, 0.2) is 41.3 Å². The minimum absolute atomic E-state index is 0.00198. The molecule has 0 bridgehead atoms. The molecule has 0 unspecified atom stereocenters. The van der Waals surface area contributed by atoms with Gasteiger partial charge in [0.2, 0.25) is 5.43 Å². The molecule has 1 aliphatic carbocycles. The number of carboxylic acid groups (broad SMARTS) is 1. The van der Waals surface area contributed by atoms with E-state index in [1.54, 1.807) is 23.6 Å². The number of hydrogen-bond donors (Lipinski definition) is 4. The number of alkyl carbamates (subject to hydrolysis) is 1. The van der Waals surface area contributed by atoms with Gasteiger partial charge in [0.15, 0.2) is 5.82 Å². The zero-order valence-corrected chi connectivity index (χ0v) is 20.5. The summed E-state index contributed by atoms with van der Waals surface area (Å²) in [4.78, 5) is 36.1. The van der Waals surface area contributed by atoms with Crippen molar-refractivity contribution >= 4 is 40.0 Å². The summed E-state index contributed by atoms with van der Waals surface area (Å²) in [5.74, 6) is -2.06. The van der Waals surface area contributed by atoms with Crippen LogP contribution in [0.5, 0.6) is 0 Å². The highest BCUT2D eigenvalue weighted by Gasteiger charge is 2.40. The van der Waals surface area contributed by atoms with Gasteiger partial charge in [0, 0.05) is 30.4 Å². The number of carboxylic acids is 1. The first kappa shape index (κ1) is 25.0. The normalized spacial score (nSPS) is 17.0. The molecule has 9 nitrogen and oxygen atoms in total. The van der Waals surface area contributed by atoms with Crippen molar-refractivity contribution in [2.24, 2.45) is 0 Å². The molecule has 0 radical (unpaired) electrons. The largest absolute Gasteiger partial charge is 0.477 e. The number of nitrogens with two attached hydrogens (primary N) is 1. The predicted molar refractivity (Wildman–Crippen MR) is 135 cm³/mol. The Morgan fingerprint density at radius 3 is 2.50 bits per heavy atom. The lowest BCUT2D eigenvalue weighted by molar-refractivity contribution is 0.0522. The van der Waals surface area contributed by atoms with E-state index in [9.17, 15) is 19.5 Å². The SMILES string of the molecule is CCn1cc(C(=O)O)c(=O)c2c(N)c(F)c(Nc3ccc([C@H]4C[C@@H]4NC(=O)OC(C)(C)C)cc3)cc21. The van der Waals surface area contributed by atoms with Gasteiger partial charge in [-0.05, 0) is 57.9 Å². The Balaban J connectivity index is 1.55. The maximum atomic E-state index is 15.1. The molecule has 3 aromatic rings. The van der Waals surface area contributed by atoms with Gasteiger partial charge in [-0.25, -0.2) is 14.0 Å². The first-order valence-electron chi connectivity index (χ1n) is 11.6. The number of aromatic nitrogens is 1. The molecule has 36 heavy (non-hydrogen) atoms. The van der Waals surface area contributed by atoms with Crippen molar-refractivity contribution in [1.82, 2.24) is 9.88 Å². The lowest BCUT2D eigenvalue weighted by Crippen LogP contribution is -2.34. The quantitative estimate of drug-likeness (QED) is 0.367. The van der Waals surface area contributed by atoms with Crippen molar-refractivity contribution in [2.75, 3.05) is 11.1 Å². The highest BCUT2D eigenvalue weighted by atomic mass is 19.1. The number of aryl methyl sites for hydroxylation is 1. The van der Waals surface area contributed by atoms with E-state index in [0.29, 0.717) is 17.7 Å². The highest BCUT2D eigenvalue weighted by molar-refractivity contribution is 5.99. The molecule has 2 aromatic carbocycles. The molecule has 10 heteroatoms. The van der Waals surface area contributed by atoms with Crippen molar-refractivity contribution in [3.05, 3.63) is 63.7 Å². The summed E-state index contributed by atoms with van der Waals surface area (Å²) >= 11 is 0. The number of carbonyl (C=O) groups is 2. The fraction of sp³-hybridized carbons (Fsp3) is 0.346. The summed E-state index contributed by atoms with van der Waals surface area (Å²) < 4.78 is 22.0. The predicted octanol–water partition coefficient (Wildman–Crippen LogP) is 4.57. The molecule has 1 fully saturated rings. The van der Waals surface area contributed by atoms with Gasteiger partial charge in [0.05, 0.1) is 22.3 Å². The van der Waals surface area contributed by atoms with Crippen LogP contribution in [0.25, 0.3) is 10.9 Å². The molecular weight excluding hydrogens is 467 g/mol. The van der Waals surface area contributed by atoms with Gasteiger partial charge >= 0.3 is 12.1 Å². The van der Waals surface area contributed by atoms with E-state index in [1.165, 1.54) is 12.3 Å². The van der Waals surface area contributed by atoms with Crippen LogP contribution in [0, 0.1) is 5.82 Å². The van der Waals surface area contributed by atoms with Gasteiger partial charge in [-0.2, -0.15) is 0 Å². The molecule has 2 atom stereocenters. The number of nitrogens with one attached hydrogen (secondary N) is 2. The van der Waals surface area contributed by atoms with Crippen molar-refractivity contribution in [1.29, 1.82) is 0 Å². The van der Waals surface area contributed by atoms with Crippen molar-refractivity contribution in [3.63, 3.8) is 0 Å². The molecular formula is C26H29FN4O5. The van der Waals surface area contributed by atoms with E-state index in [0.717, 1.165) is 12.0 Å². The second kappa shape index (κ2) is 9.18. The van der Waals surface area contributed by atoms with E-state index in [4.69, 9.17) is 10.5 Å². The van der Waals surface area contributed by atoms with Crippen LogP contribution in [0.3, 0.4) is 0 Å². The Labute approximate surface area is 207 Å². The zero-order chi connectivity index (χ0) is 26.4. The molecule has 5 N–H and O–H groups in total. The van der Waals surface area contributed by atoms with Crippen LogP contribution in [0.2, 0.25) is 0 Å². The number of hydrogen-bond acceptors (Lipinski definition) is 6. The first-order valence-corrected chi connectivity index (χ1v) is 11.6. The minimum atomic E-state index is -1.40. The van der Waals surface area contributed by atoms with Gasteiger partial charge in [0.1, 0.15) is 11.2 Å². The Bertz CT molecular complexity index is 1410. The van der Waals surface area contributed by atoms with Crippen molar-refractivity contribution in [2.45, 2.75) is 58.2 Å². The number of pyridine rings is 1. The van der Waals surface area contributed by atoms with Gasteiger partial charge < -0.3 is 30.8 Å². The molecule has 0 aliphatic heterocycles. The number of nitrogens with zero attached hydrogens (tertiary/aromatic N) is 1. The summed E-state index contributed by atoms with van der Waals surface area (Å²) in [6, 6.07) is 8.82. The van der Waals surface area contributed by atoms with E-state index in [-0.39, 0.29) is 23.0 Å². The fourth-order valence-electron chi connectivity index (χ4n) is 4.20. The van der Waals surface area contributed by atoms with E-state index < -0.39 is 40.2 Å². The van der Waals surface area contributed by atoms with E-state index in [2.05, 4.69) is 10.6 Å². The number of ether oxygens (including phenoxy) is 1. The van der Waals surface area contributed by atoms with Crippen LogP contribution in [0.4, 0.5) is 26.2 Å². The first-order chi connectivity index (χ1) is 16.9. The van der Waals surface area contributed by atoms with Crippen LogP contribution >= 0.6 is 0 Å². The summed E-state index contributed by atoms with van der Waals surface area (Å²) in [6.45, 7) is 7.57. The Kier molecular flexibility index (Phi) is 6.38. The average Bonchev–Trinajstić information content (AvgIpc) is 3.55. The second-order valence-corrected chi connectivity index (χ2v) is 9.85. The standard InChI is InChI=1S/C26H29FN4O5/c1-5-31-12-16(24(33)34)23(32)20-19(31)11-18(21(27)22(20)28)29-14-8-6-13(7-9-14)15-10-17(15)30-25(35)36-26(2,3)4/h6-9,11-12,15,17,29H,5,10,28H2,1-4H3,(H,30,35)(H,33,34)/t15-,17+/m1/s1. The average molecular weight is 497 g/mol. The van der Waals surface area contributed by atoms with E-state index >= 15 is 4.39 Å². The molecule has 1 aromatic heterocycles. The van der Waals surface area contributed by atoms with Crippen LogP contribution in [-0.2, 0) is 11.3 Å². The Hall–Kier alpha value is -4.08. The van der Waals surface area contributed by atoms with Crippen molar-refractivity contribution in [3.8, 4) is 0 Å². The molecule has 4 rings (SSSR count). The van der Waals surface area contributed by atoms with E-state index in [1.807, 2.05) is 32.9 Å². The van der Waals surface area contributed by atoms with Gasteiger partial charge in [0.25, 0.3) is 0 Å². The number of halogens is 1. The molecule has 1 heterocycles. The summed E-state index contributed by atoms with van der Waals surface area (Å²) in [7, 11) is 0. The maximum absolute atomic E-state index is 15.1. The third-order valence-electron chi connectivity index (χ3n) is 6.03. The Morgan fingerprint density at radius 2 is 1.92 bits per heavy atom. The van der Waals surface area contributed by atoms with Gasteiger partial charge in [-0.1, -0.05) is 12.1 Å². The van der Waals surface area contributed by atoms with Crippen LogP contribution < -0.4 is 21.8 Å². The second-order valence-electron chi connectivity index (χ2n) is 9.85. The number of aromatic carboxylic acids is 1. The molecule has 0 saturated heterocycles. The number of rotatable bonds is 6. The summed E-state index contributed by atoms with van der Waals surface area (Å²) in [5.41, 5.74) is 5.73. The fourth-order valence-corrected chi connectivity index (χ4v) is 4.20. The van der Waals surface area contributed by atoms with Gasteiger partial charge in [-0.15, -0.1) is 0 Å². The number of fused-ring (bicyclic) bond motifs is 1. The highest BCUT2D eigenvalue weighted by Crippen LogP contribution is 2.41. The molecule has 190 valence electrons. The minimum Gasteiger partial charge on any atom is -0.477 e. The zero-order valence-electron chi connectivity index (χ0n) is 20.5. The molecule has 0 spiro atoms. The number of benzene rings is 2. The molecule has 1 amide bonds. The third-order valence-corrected chi connectivity index (χ3v) is 6.03. The van der Waals surface area contributed by atoms with Crippen LogP contribution in [-0.4, -0.2) is 33.4 Å². The molecule has 1 aliphatic rings. The Morgan fingerprint density at radius 1 is 1.25 bits per heavy atom. The monoisotopic (exact) mass is 496 g/mol.